The Bertz CT molecular complexity index is 1030. The van der Waals surface area contributed by atoms with Gasteiger partial charge in [-0.3, -0.25) is 13.9 Å². The van der Waals surface area contributed by atoms with Crippen LogP contribution in [-0.4, -0.2) is 50.0 Å². The topological polar surface area (TPSA) is 86.8 Å². The van der Waals surface area contributed by atoms with Crippen LogP contribution in [0.5, 0.6) is 0 Å². The van der Waals surface area contributed by atoms with E-state index in [0.29, 0.717) is 11.4 Å². The van der Waals surface area contributed by atoms with E-state index >= 15 is 0 Å². The molecule has 0 unspecified atom stereocenters. The Labute approximate surface area is 195 Å². The Morgan fingerprint density at radius 3 is 2.25 bits per heavy atom. The Morgan fingerprint density at radius 2 is 1.72 bits per heavy atom. The van der Waals surface area contributed by atoms with E-state index in [4.69, 9.17) is 11.6 Å². The first-order valence-electron chi connectivity index (χ1n) is 10.4. The van der Waals surface area contributed by atoms with Gasteiger partial charge >= 0.3 is 0 Å². The van der Waals surface area contributed by atoms with Crippen LogP contribution in [-0.2, 0) is 26.2 Å². The highest BCUT2D eigenvalue weighted by Crippen LogP contribution is 2.23. The number of nitrogens with one attached hydrogen (secondary N) is 1. The lowest BCUT2D eigenvalue weighted by Crippen LogP contribution is -2.53. The molecule has 0 saturated carbocycles. The molecule has 0 heterocycles. The largest absolute Gasteiger partial charge is 0.352 e. The summed E-state index contributed by atoms with van der Waals surface area (Å²) in [5.74, 6) is -0.759. The standard InChI is InChI=1S/C23H30ClN3O4S/c1-5-21(23(29)25-17(2)3)26(15-18-10-7-6-8-11-18)22(28)16-27(32(4,30)31)20-13-9-12-19(24)14-20/h6-14,17,21H,5,15-16H2,1-4H3,(H,25,29)/t21-/m1/s1. The quantitative estimate of drug-likeness (QED) is 0.565. The van der Waals surface area contributed by atoms with Crippen molar-refractivity contribution in [2.24, 2.45) is 0 Å². The molecule has 2 aromatic carbocycles. The number of hydrogen-bond donors (Lipinski definition) is 1. The Kier molecular flexibility index (Phi) is 9.09. The van der Waals surface area contributed by atoms with Gasteiger partial charge in [0.15, 0.2) is 0 Å². The smallest absolute Gasteiger partial charge is 0.244 e. The number of carbonyl (C=O) groups excluding carboxylic acids is 2. The van der Waals surface area contributed by atoms with Gasteiger partial charge in [0, 0.05) is 17.6 Å². The van der Waals surface area contributed by atoms with Gasteiger partial charge in [-0.1, -0.05) is 54.9 Å². The molecule has 2 rings (SSSR count). The van der Waals surface area contributed by atoms with Crippen molar-refractivity contribution in [2.75, 3.05) is 17.1 Å². The molecule has 2 aromatic rings. The van der Waals surface area contributed by atoms with E-state index in [1.165, 1.54) is 11.0 Å². The Morgan fingerprint density at radius 1 is 1.06 bits per heavy atom. The molecule has 0 aliphatic rings. The number of amides is 2. The minimum Gasteiger partial charge on any atom is -0.352 e. The number of halogens is 1. The lowest BCUT2D eigenvalue weighted by atomic mass is 10.1. The number of hydrogen-bond acceptors (Lipinski definition) is 4. The minimum absolute atomic E-state index is 0.0933. The third-order valence-corrected chi connectivity index (χ3v) is 6.16. The van der Waals surface area contributed by atoms with Crippen molar-refractivity contribution in [2.45, 2.75) is 45.8 Å². The second-order valence-electron chi connectivity index (χ2n) is 7.84. The number of sulfonamides is 1. The molecular weight excluding hydrogens is 450 g/mol. The molecule has 0 spiro atoms. The molecule has 0 radical (unpaired) electrons. The summed E-state index contributed by atoms with van der Waals surface area (Å²) in [4.78, 5) is 27.8. The summed E-state index contributed by atoms with van der Waals surface area (Å²) >= 11 is 6.04. The first-order valence-corrected chi connectivity index (χ1v) is 12.6. The van der Waals surface area contributed by atoms with Gasteiger partial charge in [0.05, 0.1) is 11.9 Å². The summed E-state index contributed by atoms with van der Waals surface area (Å²) in [6.07, 6.45) is 1.42. The number of anilines is 1. The lowest BCUT2D eigenvalue weighted by molar-refractivity contribution is -0.140. The van der Waals surface area contributed by atoms with Crippen molar-refractivity contribution in [3.05, 3.63) is 65.2 Å². The third kappa shape index (κ3) is 7.24. The predicted octanol–water partition coefficient (Wildman–Crippen LogP) is 3.44. The van der Waals surface area contributed by atoms with Crippen LogP contribution in [0.15, 0.2) is 54.6 Å². The van der Waals surface area contributed by atoms with Gasteiger partial charge in [-0.2, -0.15) is 0 Å². The van der Waals surface area contributed by atoms with E-state index in [2.05, 4.69) is 5.32 Å². The molecule has 0 aromatic heterocycles. The minimum atomic E-state index is -3.78. The number of benzene rings is 2. The zero-order chi connectivity index (χ0) is 23.9. The summed E-state index contributed by atoms with van der Waals surface area (Å²) in [6.45, 7) is 5.24. The highest BCUT2D eigenvalue weighted by atomic mass is 35.5. The van der Waals surface area contributed by atoms with E-state index in [0.717, 1.165) is 16.1 Å². The van der Waals surface area contributed by atoms with Gasteiger partial charge < -0.3 is 10.2 Å². The Hall–Kier alpha value is -2.58. The molecule has 0 saturated heterocycles. The fourth-order valence-corrected chi connectivity index (χ4v) is 4.35. The molecule has 1 atom stereocenters. The molecule has 9 heteroatoms. The molecule has 32 heavy (non-hydrogen) atoms. The van der Waals surface area contributed by atoms with Crippen molar-refractivity contribution in [3.8, 4) is 0 Å². The lowest BCUT2D eigenvalue weighted by Gasteiger charge is -2.33. The molecule has 7 nitrogen and oxygen atoms in total. The second kappa shape index (κ2) is 11.3. The second-order valence-corrected chi connectivity index (χ2v) is 10.2. The van der Waals surface area contributed by atoms with Gasteiger partial charge in [0.25, 0.3) is 0 Å². The van der Waals surface area contributed by atoms with Crippen LogP contribution in [0.4, 0.5) is 5.69 Å². The third-order valence-electron chi connectivity index (χ3n) is 4.79. The van der Waals surface area contributed by atoms with Crippen molar-refractivity contribution in [1.29, 1.82) is 0 Å². The molecular formula is C23H30ClN3O4S. The maximum Gasteiger partial charge on any atom is 0.244 e. The molecule has 174 valence electrons. The van der Waals surface area contributed by atoms with Crippen LogP contribution < -0.4 is 9.62 Å². The monoisotopic (exact) mass is 479 g/mol. The van der Waals surface area contributed by atoms with Gasteiger partial charge in [-0.15, -0.1) is 0 Å². The number of rotatable bonds is 10. The Balaban J connectivity index is 2.41. The van der Waals surface area contributed by atoms with Crippen LogP contribution in [0.25, 0.3) is 0 Å². The molecule has 0 bridgehead atoms. The van der Waals surface area contributed by atoms with Crippen molar-refractivity contribution in [3.63, 3.8) is 0 Å². The fourth-order valence-electron chi connectivity index (χ4n) is 3.33. The summed E-state index contributed by atoms with van der Waals surface area (Å²) in [6, 6.07) is 14.7. The summed E-state index contributed by atoms with van der Waals surface area (Å²) in [7, 11) is -3.78. The average Bonchev–Trinajstić information content (AvgIpc) is 2.71. The van der Waals surface area contributed by atoms with E-state index in [1.54, 1.807) is 18.2 Å². The molecule has 1 N–H and O–H groups in total. The summed E-state index contributed by atoms with van der Waals surface area (Å²) in [5, 5.41) is 3.21. The van der Waals surface area contributed by atoms with Crippen LogP contribution in [0, 0.1) is 0 Å². The van der Waals surface area contributed by atoms with Crippen molar-refractivity contribution >= 4 is 39.1 Å². The maximum atomic E-state index is 13.5. The summed E-state index contributed by atoms with van der Waals surface area (Å²) in [5.41, 5.74) is 1.12. The first-order chi connectivity index (χ1) is 15.0. The van der Waals surface area contributed by atoms with E-state index in [-0.39, 0.29) is 24.2 Å². The van der Waals surface area contributed by atoms with Crippen molar-refractivity contribution in [1.82, 2.24) is 10.2 Å². The van der Waals surface area contributed by atoms with Gasteiger partial charge in [0.2, 0.25) is 21.8 Å². The van der Waals surface area contributed by atoms with E-state index in [1.807, 2.05) is 51.1 Å². The molecule has 0 fully saturated rings. The zero-order valence-corrected chi connectivity index (χ0v) is 20.4. The number of carbonyl (C=O) groups is 2. The SMILES string of the molecule is CC[C@H](C(=O)NC(C)C)N(Cc1ccccc1)C(=O)CN(c1cccc(Cl)c1)S(C)(=O)=O. The molecule has 0 aliphatic heterocycles. The van der Waals surface area contributed by atoms with Gasteiger partial charge in [-0.05, 0) is 44.0 Å². The van der Waals surface area contributed by atoms with Crippen LogP contribution in [0.1, 0.15) is 32.8 Å². The van der Waals surface area contributed by atoms with Crippen molar-refractivity contribution < 1.29 is 18.0 Å². The fraction of sp³-hybridized carbons (Fsp3) is 0.391. The normalized spacial score (nSPS) is 12.3. The van der Waals surface area contributed by atoms with Gasteiger partial charge in [0.1, 0.15) is 12.6 Å². The average molecular weight is 480 g/mol. The molecule has 2 amide bonds. The van der Waals surface area contributed by atoms with Crippen LogP contribution >= 0.6 is 11.6 Å². The van der Waals surface area contributed by atoms with Gasteiger partial charge in [-0.25, -0.2) is 8.42 Å². The zero-order valence-electron chi connectivity index (χ0n) is 18.8. The van der Waals surface area contributed by atoms with Crippen LogP contribution in [0.2, 0.25) is 5.02 Å². The molecule has 0 aliphatic carbocycles. The summed E-state index contributed by atoms with van der Waals surface area (Å²) < 4.78 is 26.0. The van der Waals surface area contributed by atoms with E-state index in [9.17, 15) is 18.0 Å². The highest BCUT2D eigenvalue weighted by molar-refractivity contribution is 7.92. The number of nitrogens with zero attached hydrogens (tertiary/aromatic N) is 2. The maximum absolute atomic E-state index is 13.5. The highest BCUT2D eigenvalue weighted by Gasteiger charge is 2.31. The van der Waals surface area contributed by atoms with E-state index < -0.39 is 28.5 Å². The predicted molar refractivity (Wildman–Crippen MR) is 128 cm³/mol. The van der Waals surface area contributed by atoms with Crippen LogP contribution in [0.3, 0.4) is 0 Å². The first kappa shape index (κ1) is 25.7.